The van der Waals surface area contributed by atoms with Crippen molar-refractivity contribution in [2.75, 3.05) is 17.3 Å². The van der Waals surface area contributed by atoms with Crippen molar-refractivity contribution in [1.82, 2.24) is 9.78 Å². The summed E-state index contributed by atoms with van der Waals surface area (Å²) >= 11 is 1.30. The molecule has 0 bridgehead atoms. The van der Waals surface area contributed by atoms with Crippen LogP contribution in [0.4, 0.5) is 5.69 Å². The Kier molecular flexibility index (Phi) is 4.59. The largest absolute Gasteiger partial charge is 0.356 e. The third kappa shape index (κ3) is 3.21. The summed E-state index contributed by atoms with van der Waals surface area (Å²) in [5, 5.41) is 4.31. The molecule has 2 aliphatic rings. The van der Waals surface area contributed by atoms with E-state index in [-0.39, 0.29) is 23.4 Å². The van der Waals surface area contributed by atoms with Crippen LogP contribution < -0.4 is 10.5 Å². The lowest BCUT2D eigenvalue weighted by atomic mass is 10.2. The summed E-state index contributed by atoms with van der Waals surface area (Å²) in [4.78, 5) is 27.5. The summed E-state index contributed by atoms with van der Waals surface area (Å²) in [5.74, 6) is 0.263. The Morgan fingerprint density at radius 1 is 1.20 bits per heavy atom. The van der Waals surface area contributed by atoms with E-state index >= 15 is 0 Å². The predicted octanol–water partition coefficient (Wildman–Crippen LogP) is 2.58. The fourth-order valence-corrected chi connectivity index (χ4v) is 4.13. The number of nitrogens with zero attached hydrogens (tertiary/aromatic N) is 3. The number of rotatable bonds is 3. The van der Waals surface area contributed by atoms with Crippen LogP contribution in [0.15, 0.2) is 46.2 Å². The average Bonchev–Trinajstić information content (AvgIpc) is 2.66. The molecule has 1 saturated heterocycles. The zero-order valence-electron chi connectivity index (χ0n) is 13.8. The van der Waals surface area contributed by atoms with E-state index < -0.39 is 0 Å². The van der Waals surface area contributed by atoms with E-state index in [1.807, 2.05) is 30.3 Å². The van der Waals surface area contributed by atoms with E-state index in [0.29, 0.717) is 23.7 Å². The van der Waals surface area contributed by atoms with Gasteiger partial charge in [-0.05, 0) is 24.8 Å². The Labute approximate surface area is 149 Å². The Balaban J connectivity index is 1.68. The van der Waals surface area contributed by atoms with E-state index in [0.717, 1.165) is 24.8 Å². The van der Waals surface area contributed by atoms with Gasteiger partial charge in [-0.15, -0.1) is 11.8 Å². The maximum absolute atomic E-state index is 12.9. The molecular weight excluding hydrogens is 338 g/mol. The van der Waals surface area contributed by atoms with Crippen LogP contribution in [0, 0.1) is 0 Å². The number of anilines is 1. The number of ether oxygens (including phenoxy) is 1. The first-order chi connectivity index (χ1) is 12.2. The Morgan fingerprint density at radius 2 is 2.04 bits per heavy atom. The molecule has 0 aliphatic carbocycles. The predicted molar refractivity (Wildman–Crippen MR) is 95.7 cm³/mol. The zero-order valence-corrected chi connectivity index (χ0v) is 14.6. The molecule has 1 fully saturated rings. The molecule has 1 aromatic heterocycles. The Bertz CT molecular complexity index is 831. The number of thioether (sulfide) groups is 1. The van der Waals surface area contributed by atoms with Crippen LogP contribution in [-0.4, -0.2) is 28.0 Å². The fourth-order valence-electron chi connectivity index (χ4n) is 3.18. The van der Waals surface area contributed by atoms with Gasteiger partial charge in [-0.1, -0.05) is 30.3 Å². The lowest BCUT2D eigenvalue weighted by molar-refractivity contribution is -0.116. The number of amides is 1. The van der Waals surface area contributed by atoms with Crippen LogP contribution in [-0.2, 0) is 16.1 Å². The zero-order chi connectivity index (χ0) is 17.2. The van der Waals surface area contributed by atoms with Gasteiger partial charge in [0.2, 0.25) is 5.91 Å². The van der Waals surface area contributed by atoms with Gasteiger partial charge in [-0.3, -0.25) is 9.59 Å². The van der Waals surface area contributed by atoms with E-state index in [2.05, 4.69) is 5.10 Å². The van der Waals surface area contributed by atoms with Gasteiger partial charge in [0, 0.05) is 6.61 Å². The van der Waals surface area contributed by atoms with Crippen LogP contribution in [0.1, 0.15) is 31.1 Å². The van der Waals surface area contributed by atoms with Gasteiger partial charge in [0.25, 0.3) is 5.56 Å². The first kappa shape index (κ1) is 16.4. The van der Waals surface area contributed by atoms with Crippen molar-refractivity contribution in [3.63, 3.8) is 0 Å². The molecule has 2 aliphatic heterocycles. The topological polar surface area (TPSA) is 64.4 Å². The van der Waals surface area contributed by atoms with Gasteiger partial charge in [-0.2, -0.15) is 9.78 Å². The molecule has 1 atom stereocenters. The van der Waals surface area contributed by atoms with Gasteiger partial charge >= 0.3 is 0 Å². The minimum absolute atomic E-state index is 0.00535. The van der Waals surface area contributed by atoms with Crippen molar-refractivity contribution >= 4 is 23.4 Å². The molecule has 1 amide bonds. The average molecular weight is 357 g/mol. The SMILES string of the molecule is O=C1CSc2c(cnn(C3CCCCO3)c2=O)N1Cc1ccccc1. The van der Waals surface area contributed by atoms with Crippen LogP contribution in [0.5, 0.6) is 0 Å². The number of fused-ring (bicyclic) bond motifs is 1. The molecular formula is C18H19N3O3S. The molecule has 3 heterocycles. The van der Waals surface area contributed by atoms with Gasteiger partial charge in [0.05, 0.1) is 24.2 Å². The third-order valence-electron chi connectivity index (χ3n) is 4.48. The number of carbonyl (C=O) groups is 1. The van der Waals surface area contributed by atoms with Crippen LogP contribution >= 0.6 is 11.8 Å². The first-order valence-corrected chi connectivity index (χ1v) is 9.43. The molecule has 2 aromatic rings. The van der Waals surface area contributed by atoms with Crippen LogP contribution in [0.25, 0.3) is 0 Å². The maximum Gasteiger partial charge on any atom is 0.285 e. The standard InChI is InChI=1S/C18H19N3O3S/c22-15-12-25-17-14(20(15)11-13-6-2-1-3-7-13)10-19-21(18(17)23)16-8-4-5-9-24-16/h1-3,6-7,10,16H,4-5,8-9,11-12H2. The quantitative estimate of drug-likeness (QED) is 0.845. The Hall–Kier alpha value is -2.12. The summed E-state index contributed by atoms with van der Waals surface area (Å²) < 4.78 is 7.12. The number of hydrogen-bond acceptors (Lipinski definition) is 5. The van der Waals surface area contributed by atoms with E-state index in [4.69, 9.17) is 4.74 Å². The summed E-state index contributed by atoms with van der Waals surface area (Å²) in [5.41, 5.74) is 1.45. The number of benzene rings is 1. The highest BCUT2D eigenvalue weighted by molar-refractivity contribution is 8.00. The highest BCUT2D eigenvalue weighted by Crippen LogP contribution is 2.33. The van der Waals surface area contributed by atoms with Crippen molar-refractivity contribution in [3.8, 4) is 0 Å². The molecule has 1 aromatic carbocycles. The molecule has 0 radical (unpaired) electrons. The highest BCUT2D eigenvalue weighted by Gasteiger charge is 2.30. The van der Waals surface area contributed by atoms with E-state index in [1.165, 1.54) is 16.4 Å². The molecule has 0 N–H and O–H groups in total. The first-order valence-electron chi connectivity index (χ1n) is 8.44. The third-order valence-corrected chi connectivity index (χ3v) is 5.55. The number of carbonyl (C=O) groups excluding carboxylic acids is 1. The Morgan fingerprint density at radius 3 is 2.80 bits per heavy atom. The van der Waals surface area contributed by atoms with Crippen molar-refractivity contribution in [2.45, 2.75) is 36.9 Å². The van der Waals surface area contributed by atoms with Crippen molar-refractivity contribution < 1.29 is 9.53 Å². The van der Waals surface area contributed by atoms with Crippen LogP contribution in [0.2, 0.25) is 0 Å². The smallest absolute Gasteiger partial charge is 0.285 e. The van der Waals surface area contributed by atoms with Crippen molar-refractivity contribution in [1.29, 1.82) is 0 Å². The van der Waals surface area contributed by atoms with Gasteiger partial charge < -0.3 is 9.64 Å². The van der Waals surface area contributed by atoms with Gasteiger partial charge in [-0.25, -0.2) is 0 Å². The lowest BCUT2D eigenvalue weighted by Crippen LogP contribution is -2.40. The molecule has 4 rings (SSSR count). The lowest BCUT2D eigenvalue weighted by Gasteiger charge is -2.30. The highest BCUT2D eigenvalue weighted by atomic mass is 32.2. The molecule has 25 heavy (non-hydrogen) atoms. The van der Waals surface area contributed by atoms with Crippen LogP contribution in [0.3, 0.4) is 0 Å². The maximum atomic E-state index is 12.9. The fraction of sp³-hybridized carbons (Fsp3) is 0.389. The number of aromatic nitrogens is 2. The minimum atomic E-state index is -0.299. The van der Waals surface area contributed by atoms with Crippen molar-refractivity contribution in [2.24, 2.45) is 0 Å². The second-order valence-corrected chi connectivity index (χ2v) is 7.17. The molecule has 0 saturated carbocycles. The minimum Gasteiger partial charge on any atom is -0.356 e. The van der Waals surface area contributed by atoms with E-state index in [1.54, 1.807) is 11.1 Å². The molecule has 130 valence electrons. The molecule has 1 unspecified atom stereocenters. The molecule has 6 nitrogen and oxygen atoms in total. The summed E-state index contributed by atoms with van der Waals surface area (Å²) in [6, 6.07) is 9.76. The summed E-state index contributed by atoms with van der Waals surface area (Å²) in [6.45, 7) is 1.10. The van der Waals surface area contributed by atoms with Gasteiger partial charge in [0.1, 0.15) is 4.90 Å². The monoisotopic (exact) mass is 357 g/mol. The molecule has 7 heteroatoms. The van der Waals surface area contributed by atoms with E-state index in [9.17, 15) is 9.59 Å². The van der Waals surface area contributed by atoms with Crippen molar-refractivity contribution in [3.05, 3.63) is 52.4 Å². The second kappa shape index (κ2) is 7.01. The summed E-state index contributed by atoms with van der Waals surface area (Å²) in [6.07, 6.45) is 4.17. The normalized spacial score (nSPS) is 20.4. The van der Waals surface area contributed by atoms with Gasteiger partial charge in [0.15, 0.2) is 6.23 Å². The number of hydrogen-bond donors (Lipinski definition) is 0. The molecule has 0 spiro atoms. The second-order valence-electron chi connectivity index (χ2n) is 6.18. The summed E-state index contributed by atoms with van der Waals surface area (Å²) in [7, 11) is 0.